The van der Waals surface area contributed by atoms with Crippen LogP contribution in [-0.4, -0.2) is 23.9 Å². The maximum Gasteiger partial charge on any atom is 0.253 e. The highest BCUT2D eigenvalue weighted by atomic mass is 16.2. The van der Waals surface area contributed by atoms with E-state index in [-0.39, 0.29) is 5.91 Å². The maximum atomic E-state index is 12.5. The van der Waals surface area contributed by atoms with Crippen LogP contribution in [0.2, 0.25) is 0 Å². The largest absolute Gasteiger partial charge is 0.399 e. The Morgan fingerprint density at radius 1 is 1.05 bits per heavy atom. The third kappa shape index (κ3) is 2.67. The quantitative estimate of drug-likeness (QED) is 0.796. The van der Waals surface area contributed by atoms with E-state index in [0.717, 1.165) is 18.7 Å². The molecule has 0 atom stereocenters. The number of carbonyl (C=O) groups is 1. The van der Waals surface area contributed by atoms with E-state index < -0.39 is 0 Å². The smallest absolute Gasteiger partial charge is 0.253 e. The van der Waals surface area contributed by atoms with Crippen molar-refractivity contribution in [1.82, 2.24) is 4.90 Å². The van der Waals surface area contributed by atoms with Gasteiger partial charge in [-0.3, -0.25) is 4.79 Å². The summed E-state index contributed by atoms with van der Waals surface area (Å²) in [6, 6.07) is 7.33. The van der Waals surface area contributed by atoms with Gasteiger partial charge in [0.15, 0.2) is 0 Å². The first-order valence-electron chi connectivity index (χ1n) is 7.83. The van der Waals surface area contributed by atoms with E-state index in [4.69, 9.17) is 5.73 Å². The number of likely N-dealkylation sites (tertiary alicyclic amines) is 1. The van der Waals surface area contributed by atoms with Crippen molar-refractivity contribution in [3.05, 3.63) is 29.8 Å². The number of nitrogens with two attached hydrogens (primary N) is 1. The molecule has 0 unspecified atom stereocenters. The molecule has 0 radical (unpaired) electrons. The molecule has 1 aliphatic carbocycles. The van der Waals surface area contributed by atoms with Crippen LogP contribution >= 0.6 is 0 Å². The Labute approximate surface area is 121 Å². The van der Waals surface area contributed by atoms with E-state index in [2.05, 4.69) is 0 Å². The summed E-state index contributed by atoms with van der Waals surface area (Å²) in [7, 11) is 0. The Morgan fingerprint density at radius 2 is 1.75 bits per heavy atom. The molecule has 108 valence electrons. The van der Waals surface area contributed by atoms with Crippen LogP contribution < -0.4 is 5.73 Å². The fraction of sp³-hybridized carbons (Fsp3) is 0.588. The van der Waals surface area contributed by atoms with Crippen LogP contribution in [-0.2, 0) is 0 Å². The molecule has 1 heterocycles. The van der Waals surface area contributed by atoms with Gasteiger partial charge in [-0.2, -0.15) is 0 Å². The molecule has 2 aliphatic rings. The molecule has 3 rings (SSSR count). The number of carbonyl (C=O) groups excluding carboxylic acids is 1. The van der Waals surface area contributed by atoms with Gasteiger partial charge in [0.25, 0.3) is 5.91 Å². The van der Waals surface area contributed by atoms with E-state index in [1.54, 1.807) is 6.07 Å². The van der Waals surface area contributed by atoms with Gasteiger partial charge in [-0.05, 0) is 49.3 Å². The summed E-state index contributed by atoms with van der Waals surface area (Å²) in [5.41, 5.74) is 7.70. The summed E-state index contributed by atoms with van der Waals surface area (Å²) in [5, 5.41) is 0. The van der Waals surface area contributed by atoms with Gasteiger partial charge in [-0.1, -0.05) is 25.3 Å². The SMILES string of the molecule is Nc1cccc(C(=O)N2CCC3(CCCCC3)CC2)c1. The van der Waals surface area contributed by atoms with E-state index in [1.807, 2.05) is 23.1 Å². The molecule has 2 N–H and O–H groups in total. The molecule has 1 aromatic rings. The molecule has 0 bridgehead atoms. The van der Waals surface area contributed by atoms with Crippen molar-refractivity contribution in [3.63, 3.8) is 0 Å². The fourth-order valence-corrected chi connectivity index (χ4v) is 3.84. The number of piperidine rings is 1. The first-order chi connectivity index (χ1) is 9.69. The molecule has 3 heteroatoms. The van der Waals surface area contributed by atoms with Crippen LogP contribution in [0.15, 0.2) is 24.3 Å². The first kappa shape index (κ1) is 13.5. The van der Waals surface area contributed by atoms with E-state index in [1.165, 1.54) is 44.9 Å². The maximum absolute atomic E-state index is 12.5. The molecule has 1 amide bonds. The average Bonchev–Trinajstić information content (AvgIpc) is 2.48. The third-order valence-corrected chi connectivity index (χ3v) is 5.16. The van der Waals surface area contributed by atoms with Gasteiger partial charge in [0.2, 0.25) is 0 Å². The van der Waals surface area contributed by atoms with Gasteiger partial charge in [0.1, 0.15) is 0 Å². The topological polar surface area (TPSA) is 46.3 Å². The third-order valence-electron chi connectivity index (χ3n) is 5.16. The normalized spacial score (nSPS) is 21.9. The molecule has 1 aliphatic heterocycles. The van der Waals surface area contributed by atoms with Crippen molar-refractivity contribution in [2.75, 3.05) is 18.8 Å². The molecule has 3 nitrogen and oxygen atoms in total. The Morgan fingerprint density at radius 3 is 2.40 bits per heavy atom. The van der Waals surface area contributed by atoms with E-state index in [0.29, 0.717) is 11.1 Å². The molecule has 1 spiro atoms. The van der Waals surface area contributed by atoms with Gasteiger partial charge in [-0.15, -0.1) is 0 Å². The lowest BCUT2D eigenvalue weighted by Gasteiger charge is -2.44. The summed E-state index contributed by atoms with van der Waals surface area (Å²) in [6.45, 7) is 1.82. The van der Waals surface area contributed by atoms with Crippen LogP contribution in [0.1, 0.15) is 55.3 Å². The number of nitrogens with zero attached hydrogens (tertiary/aromatic N) is 1. The van der Waals surface area contributed by atoms with Gasteiger partial charge >= 0.3 is 0 Å². The lowest BCUT2D eigenvalue weighted by atomic mass is 9.68. The number of nitrogen functional groups attached to an aromatic ring is 1. The zero-order valence-corrected chi connectivity index (χ0v) is 12.1. The number of benzene rings is 1. The highest BCUT2D eigenvalue weighted by Crippen LogP contribution is 2.44. The summed E-state index contributed by atoms with van der Waals surface area (Å²) in [6.07, 6.45) is 9.25. The molecule has 2 fully saturated rings. The minimum atomic E-state index is 0.142. The predicted molar refractivity (Wildman–Crippen MR) is 81.5 cm³/mol. The van der Waals surface area contributed by atoms with Crippen molar-refractivity contribution in [1.29, 1.82) is 0 Å². The fourth-order valence-electron chi connectivity index (χ4n) is 3.84. The molecule has 0 aromatic heterocycles. The van der Waals surface area contributed by atoms with Gasteiger partial charge in [0, 0.05) is 24.3 Å². The zero-order chi connectivity index (χ0) is 14.0. The summed E-state index contributed by atoms with van der Waals surface area (Å²) in [5.74, 6) is 0.142. The number of hydrogen-bond donors (Lipinski definition) is 1. The van der Waals surface area contributed by atoms with E-state index in [9.17, 15) is 4.79 Å². The Balaban J connectivity index is 1.64. The van der Waals surface area contributed by atoms with E-state index >= 15 is 0 Å². The molecule has 1 saturated carbocycles. The minimum absolute atomic E-state index is 0.142. The Bertz CT molecular complexity index is 482. The number of amides is 1. The number of rotatable bonds is 1. The zero-order valence-electron chi connectivity index (χ0n) is 12.1. The second-order valence-corrected chi connectivity index (χ2v) is 6.48. The summed E-state index contributed by atoms with van der Waals surface area (Å²) >= 11 is 0. The van der Waals surface area contributed by atoms with Crippen LogP contribution in [0.3, 0.4) is 0 Å². The molecule has 20 heavy (non-hydrogen) atoms. The monoisotopic (exact) mass is 272 g/mol. The van der Waals surface area contributed by atoms with Crippen molar-refractivity contribution >= 4 is 11.6 Å². The Hall–Kier alpha value is -1.51. The standard InChI is InChI=1S/C17H24N2O/c18-15-6-4-5-14(13-15)16(20)19-11-9-17(10-12-19)7-2-1-3-8-17/h4-6,13H,1-3,7-12,18H2. The molecular weight excluding hydrogens is 248 g/mol. The van der Waals surface area contributed by atoms with Crippen molar-refractivity contribution in [2.45, 2.75) is 44.9 Å². The van der Waals surface area contributed by atoms with Crippen molar-refractivity contribution in [3.8, 4) is 0 Å². The lowest BCUT2D eigenvalue weighted by molar-refractivity contribution is 0.0472. The molecule has 1 saturated heterocycles. The number of hydrogen-bond acceptors (Lipinski definition) is 2. The van der Waals surface area contributed by atoms with Crippen molar-refractivity contribution < 1.29 is 4.79 Å². The molecule has 1 aromatic carbocycles. The molecular formula is C17H24N2O. The van der Waals surface area contributed by atoms with Crippen LogP contribution in [0.4, 0.5) is 5.69 Å². The predicted octanol–water partition coefficient (Wildman–Crippen LogP) is 3.46. The second kappa shape index (κ2) is 5.47. The lowest BCUT2D eigenvalue weighted by Crippen LogP contribution is -2.43. The summed E-state index contributed by atoms with van der Waals surface area (Å²) < 4.78 is 0. The van der Waals surface area contributed by atoms with Crippen LogP contribution in [0.25, 0.3) is 0 Å². The number of anilines is 1. The van der Waals surface area contributed by atoms with Crippen LogP contribution in [0.5, 0.6) is 0 Å². The second-order valence-electron chi connectivity index (χ2n) is 6.48. The van der Waals surface area contributed by atoms with Crippen molar-refractivity contribution in [2.24, 2.45) is 5.41 Å². The van der Waals surface area contributed by atoms with Gasteiger partial charge in [-0.25, -0.2) is 0 Å². The van der Waals surface area contributed by atoms with Gasteiger partial charge < -0.3 is 10.6 Å². The van der Waals surface area contributed by atoms with Crippen LogP contribution in [0, 0.1) is 5.41 Å². The average molecular weight is 272 g/mol. The summed E-state index contributed by atoms with van der Waals surface area (Å²) in [4.78, 5) is 14.5. The Kier molecular flexibility index (Phi) is 3.68. The highest BCUT2D eigenvalue weighted by Gasteiger charge is 2.36. The minimum Gasteiger partial charge on any atom is -0.399 e. The first-order valence-corrected chi connectivity index (χ1v) is 7.83. The van der Waals surface area contributed by atoms with Gasteiger partial charge in [0.05, 0.1) is 0 Å². The highest BCUT2D eigenvalue weighted by molar-refractivity contribution is 5.95.